The Morgan fingerprint density at radius 3 is 2.44 bits per heavy atom. The molecule has 0 radical (unpaired) electrons. The summed E-state index contributed by atoms with van der Waals surface area (Å²) in [4.78, 5) is 23.3. The highest BCUT2D eigenvalue weighted by Crippen LogP contribution is 2.27. The van der Waals surface area contributed by atoms with Crippen LogP contribution in [0.5, 0.6) is 0 Å². The number of carbonyl (C=O) groups excluding carboxylic acids is 2. The quantitative estimate of drug-likeness (QED) is 0.604. The molecule has 0 amide bonds. The van der Waals surface area contributed by atoms with Gasteiger partial charge in [0, 0.05) is 12.0 Å². The van der Waals surface area contributed by atoms with Crippen LogP contribution < -0.4 is 0 Å². The zero-order valence-corrected chi connectivity index (χ0v) is 11.6. The van der Waals surface area contributed by atoms with E-state index in [4.69, 9.17) is 23.2 Å². The molecule has 5 heteroatoms. The molecule has 98 valence electrons. The number of ketones is 2. The molecular formula is C13H13Cl2FO2. The summed E-state index contributed by atoms with van der Waals surface area (Å²) in [5.74, 6) is -1.67. The molecule has 0 heterocycles. The number of carbonyl (C=O) groups is 2. The van der Waals surface area contributed by atoms with Crippen LogP contribution >= 0.6 is 23.2 Å². The predicted octanol–water partition coefficient (Wildman–Crippen LogP) is 4.13. The Kier molecular flexibility index (Phi) is 5.29. The van der Waals surface area contributed by atoms with Crippen LogP contribution in [0.15, 0.2) is 18.2 Å². The Morgan fingerprint density at radius 1 is 1.28 bits per heavy atom. The van der Waals surface area contributed by atoms with E-state index in [-0.39, 0.29) is 27.9 Å². The zero-order chi connectivity index (χ0) is 13.9. The summed E-state index contributed by atoms with van der Waals surface area (Å²) in [7, 11) is 0. The summed E-state index contributed by atoms with van der Waals surface area (Å²) < 4.78 is 13.7. The molecule has 1 atom stereocenters. The molecule has 1 aromatic rings. The molecule has 1 unspecified atom stereocenters. The van der Waals surface area contributed by atoms with Crippen molar-refractivity contribution in [2.45, 2.75) is 26.4 Å². The first-order valence-electron chi connectivity index (χ1n) is 5.49. The second-order valence-electron chi connectivity index (χ2n) is 4.39. The van der Waals surface area contributed by atoms with E-state index < -0.39 is 17.7 Å². The van der Waals surface area contributed by atoms with Crippen molar-refractivity contribution in [3.8, 4) is 0 Å². The van der Waals surface area contributed by atoms with Gasteiger partial charge in [-0.2, -0.15) is 0 Å². The molecule has 0 aliphatic rings. The predicted molar refractivity (Wildman–Crippen MR) is 70.2 cm³/mol. The van der Waals surface area contributed by atoms with Gasteiger partial charge in [0.1, 0.15) is 0 Å². The third-order valence-electron chi connectivity index (χ3n) is 2.34. The molecule has 1 aromatic carbocycles. The van der Waals surface area contributed by atoms with Crippen molar-refractivity contribution in [2.24, 2.45) is 5.92 Å². The summed E-state index contributed by atoms with van der Waals surface area (Å²) >= 11 is 11.5. The Labute approximate surface area is 115 Å². The first-order valence-corrected chi connectivity index (χ1v) is 6.25. The molecule has 2 nitrogen and oxygen atoms in total. The van der Waals surface area contributed by atoms with Crippen LogP contribution in [0.1, 0.15) is 30.6 Å². The van der Waals surface area contributed by atoms with Crippen molar-refractivity contribution >= 4 is 34.8 Å². The minimum absolute atomic E-state index is 0.00150. The SMILES string of the molecule is CC(C)CC(=O)C(F)C(=O)c1cccc(Cl)c1Cl. The van der Waals surface area contributed by atoms with Gasteiger partial charge in [0.2, 0.25) is 12.0 Å². The largest absolute Gasteiger partial charge is 0.296 e. The Balaban J connectivity index is 2.93. The summed E-state index contributed by atoms with van der Waals surface area (Å²) in [5, 5.41) is 0.134. The highest BCUT2D eigenvalue weighted by Gasteiger charge is 2.29. The molecule has 1 rings (SSSR count). The number of hydrogen-bond acceptors (Lipinski definition) is 2. The minimum Gasteiger partial charge on any atom is -0.296 e. The van der Waals surface area contributed by atoms with Crippen LogP contribution in [0.2, 0.25) is 10.0 Å². The molecule has 0 N–H and O–H groups in total. The van der Waals surface area contributed by atoms with E-state index in [1.54, 1.807) is 13.8 Å². The van der Waals surface area contributed by atoms with Crippen LogP contribution in [-0.2, 0) is 4.79 Å². The van der Waals surface area contributed by atoms with Crippen LogP contribution in [-0.4, -0.2) is 17.7 Å². The van der Waals surface area contributed by atoms with Gasteiger partial charge in [-0.3, -0.25) is 9.59 Å². The highest BCUT2D eigenvalue weighted by molar-refractivity contribution is 6.44. The first-order chi connectivity index (χ1) is 8.34. The third kappa shape index (κ3) is 3.53. The third-order valence-corrected chi connectivity index (χ3v) is 3.16. The maximum atomic E-state index is 13.7. The molecule has 0 aliphatic carbocycles. The smallest absolute Gasteiger partial charge is 0.220 e. The van der Waals surface area contributed by atoms with E-state index in [9.17, 15) is 14.0 Å². The van der Waals surface area contributed by atoms with Gasteiger partial charge in [0.05, 0.1) is 10.0 Å². The number of hydrogen-bond donors (Lipinski definition) is 0. The second-order valence-corrected chi connectivity index (χ2v) is 5.18. The Morgan fingerprint density at radius 2 is 1.89 bits per heavy atom. The number of benzene rings is 1. The molecule has 0 saturated heterocycles. The van der Waals surface area contributed by atoms with E-state index >= 15 is 0 Å². The normalized spacial score (nSPS) is 12.6. The average molecular weight is 291 g/mol. The van der Waals surface area contributed by atoms with E-state index in [0.717, 1.165) is 0 Å². The summed E-state index contributed by atoms with van der Waals surface area (Å²) in [6.45, 7) is 3.56. The lowest BCUT2D eigenvalue weighted by molar-refractivity contribution is -0.122. The topological polar surface area (TPSA) is 34.1 Å². The molecule has 0 bridgehead atoms. The van der Waals surface area contributed by atoms with E-state index in [2.05, 4.69) is 0 Å². The lowest BCUT2D eigenvalue weighted by Gasteiger charge is -2.10. The number of alkyl halides is 1. The second kappa shape index (κ2) is 6.30. The van der Waals surface area contributed by atoms with E-state index in [1.165, 1.54) is 18.2 Å². The molecule has 0 saturated carbocycles. The van der Waals surface area contributed by atoms with Crippen molar-refractivity contribution < 1.29 is 14.0 Å². The maximum absolute atomic E-state index is 13.7. The number of Topliss-reactive ketones (excluding diaryl/α,β-unsaturated/α-hetero) is 2. The monoisotopic (exact) mass is 290 g/mol. The standard InChI is InChI=1S/C13H13Cl2FO2/c1-7(2)6-10(17)12(16)13(18)8-4-3-5-9(14)11(8)15/h3-5,7,12H,6H2,1-2H3. The lowest BCUT2D eigenvalue weighted by atomic mass is 9.98. The van der Waals surface area contributed by atoms with Crippen LogP contribution in [0.25, 0.3) is 0 Å². The van der Waals surface area contributed by atoms with Gasteiger partial charge in [-0.1, -0.05) is 43.1 Å². The van der Waals surface area contributed by atoms with Gasteiger partial charge in [-0.15, -0.1) is 0 Å². The van der Waals surface area contributed by atoms with Crippen LogP contribution in [0.3, 0.4) is 0 Å². The summed E-state index contributed by atoms with van der Waals surface area (Å²) in [5.41, 5.74) is -0.0613. The van der Waals surface area contributed by atoms with Gasteiger partial charge in [-0.05, 0) is 18.1 Å². The summed E-state index contributed by atoms with van der Waals surface area (Å²) in [6, 6.07) is 4.33. The Hall–Kier alpha value is -0.930. The maximum Gasteiger partial charge on any atom is 0.220 e. The van der Waals surface area contributed by atoms with Gasteiger partial charge in [0.25, 0.3) is 0 Å². The molecular weight excluding hydrogens is 278 g/mol. The number of halogens is 3. The van der Waals surface area contributed by atoms with Crippen molar-refractivity contribution in [1.29, 1.82) is 0 Å². The zero-order valence-electron chi connectivity index (χ0n) is 10.0. The average Bonchev–Trinajstić information content (AvgIpc) is 2.30. The molecule has 18 heavy (non-hydrogen) atoms. The van der Waals surface area contributed by atoms with E-state index in [0.29, 0.717) is 0 Å². The number of rotatable bonds is 5. The molecule has 0 aromatic heterocycles. The summed E-state index contributed by atoms with van der Waals surface area (Å²) in [6.07, 6.45) is -2.16. The highest BCUT2D eigenvalue weighted by atomic mass is 35.5. The molecule has 0 aliphatic heterocycles. The fourth-order valence-electron chi connectivity index (χ4n) is 1.48. The molecule has 0 fully saturated rings. The van der Waals surface area contributed by atoms with Gasteiger partial charge in [-0.25, -0.2) is 4.39 Å². The molecule has 0 spiro atoms. The van der Waals surface area contributed by atoms with Gasteiger partial charge >= 0.3 is 0 Å². The van der Waals surface area contributed by atoms with Crippen molar-refractivity contribution in [1.82, 2.24) is 0 Å². The fraction of sp³-hybridized carbons (Fsp3) is 0.385. The van der Waals surface area contributed by atoms with Crippen molar-refractivity contribution in [3.63, 3.8) is 0 Å². The Bertz CT molecular complexity index is 472. The van der Waals surface area contributed by atoms with Crippen LogP contribution in [0, 0.1) is 5.92 Å². The van der Waals surface area contributed by atoms with Gasteiger partial charge < -0.3 is 0 Å². The van der Waals surface area contributed by atoms with Gasteiger partial charge in [0.15, 0.2) is 5.78 Å². The lowest BCUT2D eigenvalue weighted by Crippen LogP contribution is -2.27. The van der Waals surface area contributed by atoms with Crippen molar-refractivity contribution in [2.75, 3.05) is 0 Å². The van der Waals surface area contributed by atoms with Crippen molar-refractivity contribution in [3.05, 3.63) is 33.8 Å². The fourth-order valence-corrected chi connectivity index (χ4v) is 1.88. The first kappa shape index (κ1) is 15.1. The van der Waals surface area contributed by atoms with E-state index in [1.807, 2.05) is 0 Å². The minimum atomic E-state index is -2.18. The van der Waals surface area contributed by atoms with Crippen LogP contribution in [0.4, 0.5) is 4.39 Å².